The first-order valence-electron chi connectivity index (χ1n) is 6.27. The molecule has 1 aromatic carbocycles. The summed E-state index contributed by atoms with van der Waals surface area (Å²) in [4.78, 5) is 4.55. The summed E-state index contributed by atoms with van der Waals surface area (Å²) in [6.45, 7) is 3.24. The standard InChI is InChI=1S/C14H16N2O2S/c1-9-16-11(8-19-9)14(15-2)10-3-4-12-13(7-10)18-6-5-17-12/h3-4,7-8,14-15H,5-6H2,1-2H3. The molecule has 1 unspecified atom stereocenters. The second kappa shape index (κ2) is 5.19. The zero-order chi connectivity index (χ0) is 13.2. The molecule has 1 aromatic heterocycles. The number of ether oxygens (including phenoxy) is 2. The number of rotatable bonds is 3. The van der Waals surface area contributed by atoms with Gasteiger partial charge in [0.15, 0.2) is 11.5 Å². The molecule has 1 atom stereocenters. The van der Waals surface area contributed by atoms with Gasteiger partial charge in [-0.15, -0.1) is 11.3 Å². The molecule has 0 fully saturated rings. The summed E-state index contributed by atoms with van der Waals surface area (Å²) in [5.74, 6) is 1.63. The Morgan fingerprint density at radius 2 is 2.05 bits per heavy atom. The third-order valence-electron chi connectivity index (χ3n) is 3.12. The molecule has 0 bridgehead atoms. The summed E-state index contributed by atoms with van der Waals surface area (Å²) < 4.78 is 11.2. The normalized spacial score (nSPS) is 15.3. The van der Waals surface area contributed by atoms with Crippen LogP contribution < -0.4 is 14.8 Å². The summed E-state index contributed by atoms with van der Waals surface area (Å²) in [5.41, 5.74) is 2.18. The van der Waals surface area contributed by atoms with Gasteiger partial charge in [-0.1, -0.05) is 6.07 Å². The molecule has 0 spiro atoms. The highest BCUT2D eigenvalue weighted by Gasteiger charge is 2.18. The van der Waals surface area contributed by atoms with Gasteiger partial charge in [0.2, 0.25) is 0 Å². The lowest BCUT2D eigenvalue weighted by atomic mass is 10.0. The first-order valence-corrected chi connectivity index (χ1v) is 7.15. The van der Waals surface area contributed by atoms with Crippen molar-refractivity contribution in [2.45, 2.75) is 13.0 Å². The highest BCUT2D eigenvalue weighted by Crippen LogP contribution is 2.34. The quantitative estimate of drug-likeness (QED) is 0.935. The van der Waals surface area contributed by atoms with Gasteiger partial charge in [-0.3, -0.25) is 0 Å². The number of aromatic nitrogens is 1. The smallest absolute Gasteiger partial charge is 0.161 e. The van der Waals surface area contributed by atoms with Gasteiger partial charge in [-0.05, 0) is 31.7 Å². The topological polar surface area (TPSA) is 43.4 Å². The van der Waals surface area contributed by atoms with Crippen LogP contribution in [0.25, 0.3) is 0 Å². The Labute approximate surface area is 116 Å². The van der Waals surface area contributed by atoms with Crippen LogP contribution in [0.1, 0.15) is 22.3 Å². The molecule has 4 nitrogen and oxygen atoms in total. The molecule has 1 aliphatic heterocycles. The first kappa shape index (κ1) is 12.4. The molecule has 100 valence electrons. The number of hydrogen-bond acceptors (Lipinski definition) is 5. The van der Waals surface area contributed by atoms with E-state index >= 15 is 0 Å². The Morgan fingerprint density at radius 3 is 2.74 bits per heavy atom. The number of fused-ring (bicyclic) bond motifs is 1. The number of nitrogens with zero attached hydrogens (tertiary/aromatic N) is 1. The lowest BCUT2D eigenvalue weighted by Gasteiger charge is -2.21. The predicted octanol–water partition coefficient (Wildman–Crippen LogP) is 2.53. The Balaban J connectivity index is 1.95. The highest BCUT2D eigenvalue weighted by atomic mass is 32.1. The first-order chi connectivity index (χ1) is 9.28. The van der Waals surface area contributed by atoms with Crippen LogP contribution >= 0.6 is 11.3 Å². The maximum absolute atomic E-state index is 5.63. The molecule has 0 radical (unpaired) electrons. The summed E-state index contributed by atoms with van der Waals surface area (Å²) in [6, 6.07) is 6.14. The fraction of sp³-hybridized carbons (Fsp3) is 0.357. The zero-order valence-corrected chi connectivity index (χ0v) is 11.8. The summed E-state index contributed by atoms with van der Waals surface area (Å²) in [5, 5.41) is 6.47. The van der Waals surface area contributed by atoms with E-state index in [1.807, 2.05) is 26.1 Å². The molecule has 2 heterocycles. The van der Waals surface area contributed by atoms with Gasteiger partial charge in [0.1, 0.15) is 13.2 Å². The van der Waals surface area contributed by atoms with Crippen molar-refractivity contribution in [2.75, 3.05) is 20.3 Å². The Hall–Kier alpha value is -1.59. The Bertz CT molecular complexity index is 583. The van der Waals surface area contributed by atoms with Crippen molar-refractivity contribution in [3.8, 4) is 11.5 Å². The maximum Gasteiger partial charge on any atom is 0.161 e. The molecule has 1 N–H and O–H groups in total. The zero-order valence-electron chi connectivity index (χ0n) is 11.0. The summed E-state index contributed by atoms with van der Waals surface area (Å²) in [7, 11) is 1.94. The van der Waals surface area contributed by atoms with E-state index < -0.39 is 0 Å². The third kappa shape index (κ3) is 2.43. The van der Waals surface area contributed by atoms with Crippen LogP contribution in [0.2, 0.25) is 0 Å². The number of nitrogens with one attached hydrogen (secondary N) is 1. The SMILES string of the molecule is CNC(c1ccc2c(c1)OCCO2)c1csc(C)n1. The van der Waals surface area contributed by atoms with Crippen LogP contribution in [0.4, 0.5) is 0 Å². The fourth-order valence-corrected chi connectivity index (χ4v) is 2.88. The van der Waals surface area contributed by atoms with Crippen molar-refractivity contribution in [1.82, 2.24) is 10.3 Å². The van der Waals surface area contributed by atoms with Crippen LogP contribution in [-0.4, -0.2) is 25.2 Å². The highest BCUT2D eigenvalue weighted by molar-refractivity contribution is 7.09. The van der Waals surface area contributed by atoms with Gasteiger partial charge in [0, 0.05) is 5.38 Å². The minimum atomic E-state index is 0.0841. The molecule has 0 saturated carbocycles. The fourth-order valence-electron chi connectivity index (χ4n) is 2.24. The molecule has 0 amide bonds. The second-order valence-corrected chi connectivity index (χ2v) is 5.48. The minimum Gasteiger partial charge on any atom is -0.486 e. The van der Waals surface area contributed by atoms with E-state index in [0.717, 1.165) is 27.8 Å². The van der Waals surface area contributed by atoms with E-state index in [1.54, 1.807) is 11.3 Å². The van der Waals surface area contributed by atoms with Gasteiger partial charge >= 0.3 is 0 Å². The van der Waals surface area contributed by atoms with E-state index in [2.05, 4.69) is 21.7 Å². The van der Waals surface area contributed by atoms with Crippen molar-refractivity contribution in [3.05, 3.63) is 39.8 Å². The van der Waals surface area contributed by atoms with Crippen LogP contribution in [-0.2, 0) is 0 Å². The number of benzene rings is 1. The van der Waals surface area contributed by atoms with Crippen molar-refractivity contribution >= 4 is 11.3 Å². The lowest BCUT2D eigenvalue weighted by molar-refractivity contribution is 0.171. The van der Waals surface area contributed by atoms with Crippen LogP contribution in [0.15, 0.2) is 23.6 Å². The van der Waals surface area contributed by atoms with E-state index in [0.29, 0.717) is 13.2 Å². The lowest BCUT2D eigenvalue weighted by Crippen LogP contribution is -2.19. The Morgan fingerprint density at radius 1 is 1.26 bits per heavy atom. The van der Waals surface area contributed by atoms with E-state index in [1.165, 1.54) is 0 Å². The molecule has 0 saturated heterocycles. The Kier molecular flexibility index (Phi) is 3.40. The van der Waals surface area contributed by atoms with Crippen molar-refractivity contribution < 1.29 is 9.47 Å². The average Bonchev–Trinajstić information content (AvgIpc) is 2.86. The van der Waals surface area contributed by atoms with Crippen LogP contribution in [0.5, 0.6) is 11.5 Å². The van der Waals surface area contributed by atoms with Crippen molar-refractivity contribution in [2.24, 2.45) is 0 Å². The molecule has 19 heavy (non-hydrogen) atoms. The molecular formula is C14H16N2O2S. The number of hydrogen-bond donors (Lipinski definition) is 1. The van der Waals surface area contributed by atoms with Gasteiger partial charge in [0.25, 0.3) is 0 Å². The predicted molar refractivity (Wildman–Crippen MR) is 75.2 cm³/mol. The van der Waals surface area contributed by atoms with E-state index in [4.69, 9.17) is 9.47 Å². The molecular weight excluding hydrogens is 260 g/mol. The average molecular weight is 276 g/mol. The van der Waals surface area contributed by atoms with E-state index in [9.17, 15) is 0 Å². The summed E-state index contributed by atoms with van der Waals surface area (Å²) in [6.07, 6.45) is 0. The van der Waals surface area contributed by atoms with Crippen LogP contribution in [0, 0.1) is 6.92 Å². The molecule has 5 heteroatoms. The van der Waals surface area contributed by atoms with Gasteiger partial charge in [-0.25, -0.2) is 4.98 Å². The number of thiazole rings is 1. The largest absolute Gasteiger partial charge is 0.486 e. The van der Waals surface area contributed by atoms with E-state index in [-0.39, 0.29) is 6.04 Å². The molecule has 0 aliphatic carbocycles. The van der Waals surface area contributed by atoms with Gasteiger partial charge < -0.3 is 14.8 Å². The second-order valence-electron chi connectivity index (χ2n) is 4.42. The summed E-state index contributed by atoms with van der Waals surface area (Å²) >= 11 is 1.66. The third-order valence-corrected chi connectivity index (χ3v) is 3.91. The maximum atomic E-state index is 5.63. The molecule has 3 rings (SSSR count). The van der Waals surface area contributed by atoms with Gasteiger partial charge in [0.05, 0.1) is 16.7 Å². The molecule has 2 aromatic rings. The van der Waals surface area contributed by atoms with Crippen molar-refractivity contribution in [3.63, 3.8) is 0 Å². The molecule has 1 aliphatic rings. The van der Waals surface area contributed by atoms with Gasteiger partial charge in [-0.2, -0.15) is 0 Å². The number of aryl methyl sites for hydroxylation is 1. The van der Waals surface area contributed by atoms with Crippen molar-refractivity contribution in [1.29, 1.82) is 0 Å². The minimum absolute atomic E-state index is 0.0841. The monoisotopic (exact) mass is 276 g/mol. The van der Waals surface area contributed by atoms with Crippen LogP contribution in [0.3, 0.4) is 0 Å².